The van der Waals surface area contributed by atoms with E-state index in [1.54, 1.807) is 5.56 Å². The summed E-state index contributed by atoms with van der Waals surface area (Å²) in [5, 5.41) is 3.68. The predicted octanol–water partition coefficient (Wildman–Crippen LogP) is 3.72. The number of alkyl halides is 1. The number of benzene rings is 1. The van der Waals surface area contributed by atoms with Gasteiger partial charge in [-0.25, -0.2) is 0 Å². The molecule has 0 bridgehead atoms. The molecule has 2 aliphatic carbocycles. The summed E-state index contributed by atoms with van der Waals surface area (Å²) in [6.45, 7) is 2.23. The van der Waals surface area contributed by atoms with E-state index in [-0.39, 0.29) is 0 Å². The molecule has 2 aliphatic rings. The Kier molecular flexibility index (Phi) is 3.63. The normalized spacial score (nSPS) is 24.6. The van der Waals surface area contributed by atoms with E-state index in [1.807, 2.05) is 0 Å². The van der Waals surface area contributed by atoms with Crippen LogP contribution in [0.2, 0.25) is 0 Å². The molecule has 0 aromatic heterocycles. The van der Waals surface area contributed by atoms with Crippen LogP contribution in [-0.2, 0) is 6.42 Å². The maximum atomic E-state index is 6.17. The van der Waals surface area contributed by atoms with Crippen molar-refractivity contribution in [2.24, 2.45) is 5.41 Å². The van der Waals surface area contributed by atoms with Gasteiger partial charge in [-0.2, -0.15) is 0 Å². The first-order valence-corrected chi connectivity index (χ1v) is 7.71. The zero-order chi connectivity index (χ0) is 12.4. The molecule has 1 aromatic carbocycles. The van der Waals surface area contributed by atoms with Gasteiger partial charge in [0.05, 0.1) is 0 Å². The number of hydrogen-bond donors (Lipinski definition) is 1. The molecule has 1 saturated carbocycles. The van der Waals surface area contributed by atoms with Gasteiger partial charge in [-0.15, -0.1) is 11.6 Å². The Morgan fingerprint density at radius 3 is 2.72 bits per heavy atom. The highest BCUT2D eigenvalue weighted by molar-refractivity contribution is 6.18. The molecular weight excluding hydrogens is 242 g/mol. The summed E-state index contributed by atoms with van der Waals surface area (Å²) < 4.78 is 0. The van der Waals surface area contributed by atoms with E-state index in [0.717, 1.165) is 24.9 Å². The second-order valence-electron chi connectivity index (χ2n) is 6.07. The molecule has 18 heavy (non-hydrogen) atoms. The maximum absolute atomic E-state index is 6.17. The van der Waals surface area contributed by atoms with Gasteiger partial charge in [0.1, 0.15) is 0 Å². The van der Waals surface area contributed by atoms with Crippen molar-refractivity contribution in [3.05, 3.63) is 35.4 Å². The Bertz CT molecular complexity index is 409. The Hall–Kier alpha value is -0.530. The van der Waals surface area contributed by atoms with Crippen molar-refractivity contribution in [3.8, 4) is 0 Å². The molecule has 1 fully saturated rings. The summed E-state index contributed by atoms with van der Waals surface area (Å²) in [5.41, 5.74) is 3.48. The molecule has 3 rings (SSSR count). The summed E-state index contributed by atoms with van der Waals surface area (Å²) in [5.74, 6) is 1.55. The largest absolute Gasteiger partial charge is 0.316 e. The summed E-state index contributed by atoms with van der Waals surface area (Å²) in [4.78, 5) is 0. The van der Waals surface area contributed by atoms with E-state index < -0.39 is 0 Å². The monoisotopic (exact) mass is 263 g/mol. The van der Waals surface area contributed by atoms with Crippen LogP contribution in [0.25, 0.3) is 0 Å². The number of fused-ring (bicyclic) bond motifs is 1. The Balaban J connectivity index is 1.49. The standard InChI is InChI=1S/C16H22ClN/c17-11-16(7-3-4-8-16)12-18-10-14-9-13-5-1-2-6-15(13)14/h1-2,5-6,14,18H,3-4,7-12H2. The highest BCUT2D eigenvalue weighted by atomic mass is 35.5. The molecule has 2 heteroatoms. The van der Waals surface area contributed by atoms with Crippen LogP contribution in [0.15, 0.2) is 24.3 Å². The predicted molar refractivity (Wildman–Crippen MR) is 77.4 cm³/mol. The lowest BCUT2D eigenvalue weighted by Crippen LogP contribution is -2.37. The van der Waals surface area contributed by atoms with Crippen LogP contribution >= 0.6 is 11.6 Å². The van der Waals surface area contributed by atoms with Crippen molar-refractivity contribution in [2.45, 2.75) is 38.0 Å². The fourth-order valence-electron chi connectivity index (χ4n) is 3.54. The van der Waals surface area contributed by atoms with Crippen molar-refractivity contribution in [2.75, 3.05) is 19.0 Å². The fraction of sp³-hybridized carbons (Fsp3) is 0.625. The average molecular weight is 264 g/mol. The van der Waals surface area contributed by atoms with Gasteiger partial charge >= 0.3 is 0 Å². The van der Waals surface area contributed by atoms with Gasteiger partial charge in [-0.05, 0) is 35.8 Å². The number of hydrogen-bond acceptors (Lipinski definition) is 1. The summed E-state index contributed by atoms with van der Waals surface area (Å²) in [7, 11) is 0. The Morgan fingerprint density at radius 2 is 2.00 bits per heavy atom. The van der Waals surface area contributed by atoms with Crippen molar-refractivity contribution in [1.29, 1.82) is 0 Å². The molecule has 1 aromatic rings. The fourth-order valence-corrected chi connectivity index (χ4v) is 3.90. The molecule has 0 saturated heterocycles. The SMILES string of the molecule is ClCC1(CNCC2Cc3ccccc32)CCCC1. The minimum absolute atomic E-state index is 0.394. The summed E-state index contributed by atoms with van der Waals surface area (Å²) in [6.07, 6.45) is 6.59. The van der Waals surface area contributed by atoms with Gasteiger partial charge in [0.25, 0.3) is 0 Å². The lowest BCUT2D eigenvalue weighted by Gasteiger charge is -2.33. The smallest absolute Gasteiger partial charge is 0.0292 e. The zero-order valence-electron chi connectivity index (χ0n) is 10.9. The van der Waals surface area contributed by atoms with Crippen molar-refractivity contribution >= 4 is 11.6 Å². The highest BCUT2D eigenvalue weighted by Gasteiger charge is 2.33. The van der Waals surface area contributed by atoms with Gasteiger partial charge < -0.3 is 5.32 Å². The molecule has 0 amide bonds. The van der Waals surface area contributed by atoms with Gasteiger partial charge in [0.2, 0.25) is 0 Å². The zero-order valence-corrected chi connectivity index (χ0v) is 11.7. The lowest BCUT2D eigenvalue weighted by molar-refractivity contribution is 0.315. The third-order valence-corrected chi connectivity index (χ3v) is 5.37. The molecule has 1 nitrogen and oxygen atoms in total. The first kappa shape index (κ1) is 12.5. The second-order valence-corrected chi connectivity index (χ2v) is 6.34. The van der Waals surface area contributed by atoms with Crippen LogP contribution in [0.3, 0.4) is 0 Å². The van der Waals surface area contributed by atoms with Crippen LogP contribution in [0, 0.1) is 5.41 Å². The van der Waals surface area contributed by atoms with E-state index in [0.29, 0.717) is 5.41 Å². The second kappa shape index (κ2) is 5.22. The van der Waals surface area contributed by atoms with E-state index >= 15 is 0 Å². The topological polar surface area (TPSA) is 12.0 Å². The van der Waals surface area contributed by atoms with Gasteiger partial charge in [-0.1, -0.05) is 37.1 Å². The first-order valence-electron chi connectivity index (χ1n) is 7.17. The van der Waals surface area contributed by atoms with Gasteiger partial charge in [0, 0.05) is 24.9 Å². The third-order valence-electron chi connectivity index (χ3n) is 4.80. The molecule has 0 radical (unpaired) electrons. The van der Waals surface area contributed by atoms with E-state index in [4.69, 9.17) is 11.6 Å². The van der Waals surface area contributed by atoms with E-state index in [1.165, 1.54) is 37.7 Å². The summed E-state index contributed by atoms with van der Waals surface area (Å²) in [6, 6.07) is 8.83. The van der Waals surface area contributed by atoms with Crippen LogP contribution in [0.4, 0.5) is 0 Å². The van der Waals surface area contributed by atoms with Crippen LogP contribution in [-0.4, -0.2) is 19.0 Å². The van der Waals surface area contributed by atoms with Crippen LogP contribution in [0.1, 0.15) is 42.7 Å². The molecule has 0 aliphatic heterocycles. The lowest BCUT2D eigenvalue weighted by atomic mass is 9.77. The number of halogens is 1. The molecule has 0 heterocycles. The Morgan fingerprint density at radius 1 is 1.22 bits per heavy atom. The minimum atomic E-state index is 0.394. The number of nitrogens with one attached hydrogen (secondary N) is 1. The molecule has 98 valence electrons. The quantitative estimate of drug-likeness (QED) is 0.799. The van der Waals surface area contributed by atoms with Crippen molar-refractivity contribution < 1.29 is 0 Å². The minimum Gasteiger partial charge on any atom is -0.316 e. The van der Waals surface area contributed by atoms with Gasteiger partial charge in [-0.3, -0.25) is 0 Å². The molecular formula is C16H22ClN. The molecule has 1 unspecified atom stereocenters. The average Bonchev–Trinajstić information content (AvgIpc) is 2.84. The molecule has 1 atom stereocenters. The van der Waals surface area contributed by atoms with E-state index in [9.17, 15) is 0 Å². The van der Waals surface area contributed by atoms with Crippen molar-refractivity contribution in [3.63, 3.8) is 0 Å². The van der Waals surface area contributed by atoms with E-state index in [2.05, 4.69) is 29.6 Å². The molecule has 0 spiro atoms. The first-order chi connectivity index (χ1) is 8.83. The highest BCUT2D eigenvalue weighted by Crippen LogP contribution is 2.39. The Labute approximate surface area is 115 Å². The third kappa shape index (κ3) is 2.31. The van der Waals surface area contributed by atoms with Crippen LogP contribution < -0.4 is 5.32 Å². The number of rotatable bonds is 5. The van der Waals surface area contributed by atoms with Crippen molar-refractivity contribution in [1.82, 2.24) is 5.32 Å². The van der Waals surface area contributed by atoms with Gasteiger partial charge in [0.15, 0.2) is 0 Å². The summed E-state index contributed by atoms with van der Waals surface area (Å²) >= 11 is 6.17. The van der Waals surface area contributed by atoms with Crippen LogP contribution in [0.5, 0.6) is 0 Å². The molecule has 1 N–H and O–H groups in total. The maximum Gasteiger partial charge on any atom is 0.0292 e.